The van der Waals surface area contributed by atoms with Crippen LogP contribution in [0.3, 0.4) is 0 Å². The molecule has 0 saturated heterocycles. The predicted octanol–water partition coefficient (Wildman–Crippen LogP) is 3.94. The van der Waals surface area contributed by atoms with Gasteiger partial charge in [0.05, 0.1) is 9.35 Å². The Hall–Kier alpha value is -0.720. The van der Waals surface area contributed by atoms with Crippen LogP contribution in [-0.2, 0) is 6.54 Å². The first kappa shape index (κ1) is 13.7. The van der Waals surface area contributed by atoms with Crippen molar-refractivity contribution in [3.8, 4) is 0 Å². The highest BCUT2D eigenvalue weighted by atomic mass is 79.9. The van der Waals surface area contributed by atoms with E-state index >= 15 is 0 Å². The molecule has 0 fully saturated rings. The number of amides is 1. The van der Waals surface area contributed by atoms with Gasteiger partial charge in [0.2, 0.25) is 0 Å². The zero-order valence-corrected chi connectivity index (χ0v) is 13.5. The summed E-state index contributed by atoms with van der Waals surface area (Å²) in [5.41, 5.74) is 1.71. The van der Waals surface area contributed by atoms with Gasteiger partial charge in [-0.2, -0.15) is 0 Å². The lowest BCUT2D eigenvalue weighted by Gasteiger charge is -2.16. The second-order valence-corrected chi connectivity index (χ2v) is 6.89. The lowest BCUT2D eigenvalue weighted by Crippen LogP contribution is -2.26. The zero-order valence-electron chi connectivity index (χ0n) is 9.56. The highest BCUT2D eigenvalue weighted by Gasteiger charge is 2.12. The molecule has 6 heteroatoms. The Morgan fingerprint density at radius 3 is 2.78 bits per heavy atom. The Morgan fingerprint density at radius 2 is 2.22 bits per heavy atom. The molecule has 2 aromatic heterocycles. The minimum absolute atomic E-state index is 0.0303. The molecule has 3 nitrogen and oxygen atoms in total. The summed E-state index contributed by atoms with van der Waals surface area (Å²) in [5.74, 6) is -0.0303. The summed E-state index contributed by atoms with van der Waals surface area (Å²) in [4.78, 5) is 17.9. The van der Waals surface area contributed by atoms with E-state index in [1.807, 2.05) is 11.4 Å². The molecule has 0 bridgehead atoms. The van der Waals surface area contributed by atoms with Gasteiger partial charge in [-0.15, -0.1) is 11.3 Å². The van der Waals surface area contributed by atoms with Crippen molar-refractivity contribution < 1.29 is 4.79 Å². The third-order valence-electron chi connectivity index (χ3n) is 2.36. The van der Waals surface area contributed by atoms with Crippen molar-refractivity contribution in [1.82, 2.24) is 9.88 Å². The summed E-state index contributed by atoms with van der Waals surface area (Å²) < 4.78 is 1.80. The van der Waals surface area contributed by atoms with Crippen LogP contribution < -0.4 is 0 Å². The molecule has 2 aromatic rings. The maximum Gasteiger partial charge on any atom is 0.255 e. The number of halogens is 2. The van der Waals surface area contributed by atoms with Crippen molar-refractivity contribution in [2.24, 2.45) is 0 Å². The molecule has 0 aromatic carbocycles. The number of pyridine rings is 1. The van der Waals surface area contributed by atoms with E-state index in [0.717, 1.165) is 14.0 Å². The van der Waals surface area contributed by atoms with E-state index in [2.05, 4.69) is 36.8 Å². The molecule has 0 N–H and O–H groups in total. The number of nitrogens with zero attached hydrogens (tertiary/aromatic N) is 2. The molecular formula is C12H10Br2N2OS. The van der Waals surface area contributed by atoms with Crippen LogP contribution in [0.15, 0.2) is 38.2 Å². The van der Waals surface area contributed by atoms with Crippen molar-refractivity contribution >= 4 is 49.1 Å². The highest BCUT2D eigenvalue weighted by Crippen LogP contribution is 2.21. The largest absolute Gasteiger partial charge is 0.337 e. The molecule has 0 atom stereocenters. The van der Waals surface area contributed by atoms with Gasteiger partial charge in [-0.1, -0.05) is 0 Å². The average molecular weight is 390 g/mol. The van der Waals surface area contributed by atoms with Crippen LogP contribution in [-0.4, -0.2) is 22.8 Å². The zero-order chi connectivity index (χ0) is 13.1. The number of thiophene rings is 1. The second-order valence-electron chi connectivity index (χ2n) is 3.79. The van der Waals surface area contributed by atoms with Crippen LogP contribution in [0, 0.1) is 0 Å². The van der Waals surface area contributed by atoms with Gasteiger partial charge in [-0.3, -0.25) is 4.79 Å². The minimum atomic E-state index is -0.0303. The third-order valence-corrected chi connectivity index (χ3v) is 4.38. The fourth-order valence-corrected chi connectivity index (χ4v) is 2.93. The van der Waals surface area contributed by atoms with Gasteiger partial charge >= 0.3 is 0 Å². The molecule has 0 spiro atoms. The smallest absolute Gasteiger partial charge is 0.255 e. The first-order valence-electron chi connectivity index (χ1n) is 5.16. The molecular weight excluding hydrogens is 380 g/mol. The van der Waals surface area contributed by atoms with Crippen molar-refractivity contribution in [2.75, 3.05) is 7.05 Å². The number of rotatable bonds is 3. The van der Waals surface area contributed by atoms with Crippen LogP contribution in [0.5, 0.6) is 0 Å². The summed E-state index contributed by atoms with van der Waals surface area (Å²) >= 11 is 8.28. The summed E-state index contributed by atoms with van der Waals surface area (Å²) in [6, 6.07) is 5.55. The van der Waals surface area contributed by atoms with E-state index < -0.39 is 0 Å². The summed E-state index contributed by atoms with van der Waals surface area (Å²) in [6.07, 6.45) is 1.58. The summed E-state index contributed by atoms with van der Waals surface area (Å²) in [5, 5.41) is 2.04. The maximum atomic E-state index is 12.1. The standard InChI is InChI=1S/C12H10Br2N2OS/c1-16(6-8-4-11(14)18-7-8)12(17)9-2-3-10(13)15-5-9/h2-5,7H,6H2,1H3. The first-order chi connectivity index (χ1) is 8.56. The molecule has 18 heavy (non-hydrogen) atoms. The molecule has 0 unspecified atom stereocenters. The Bertz CT molecular complexity index is 553. The van der Waals surface area contributed by atoms with E-state index in [4.69, 9.17) is 0 Å². The highest BCUT2D eigenvalue weighted by molar-refractivity contribution is 9.11. The number of hydrogen-bond acceptors (Lipinski definition) is 3. The van der Waals surface area contributed by atoms with Gasteiger partial charge in [0.15, 0.2) is 0 Å². The van der Waals surface area contributed by atoms with Gasteiger partial charge < -0.3 is 4.90 Å². The molecule has 0 aliphatic heterocycles. The van der Waals surface area contributed by atoms with Crippen LogP contribution in [0.2, 0.25) is 0 Å². The molecule has 94 valence electrons. The molecule has 2 rings (SSSR count). The lowest BCUT2D eigenvalue weighted by molar-refractivity contribution is 0.0785. The van der Waals surface area contributed by atoms with Crippen LogP contribution >= 0.6 is 43.2 Å². The van der Waals surface area contributed by atoms with Crippen molar-refractivity contribution in [3.63, 3.8) is 0 Å². The Morgan fingerprint density at radius 1 is 1.44 bits per heavy atom. The molecule has 0 radical (unpaired) electrons. The number of carbonyl (C=O) groups is 1. The van der Waals surface area contributed by atoms with Crippen molar-refractivity contribution in [1.29, 1.82) is 0 Å². The van der Waals surface area contributed by atoms with Gasteiger partial charge in [-0.05, 0) is 61.0 Å². The monoisotopic (exact) mass is 388 g/mol. The van der Waals surface area contributed by atoms with Crippen LogP contribution in [0.1, 0.15) is 15.9 Å². The van der Waals surface area contributed by atoms with Crippen LogP contribution in [0.4, 0.5) is 0 Å². The van der Waals surface area contributed by atoms with Gasteiger partial charge in [-0.25, -0.2) is 4.98 Å². The SMILES string of the molecule is CN(Cc1csc(Br)c1)C(=O)c1ccc(Br)nc1. The molecule has 0 saturated carbocycles. The van der Waals surface area contributed by atoms with E-state index in [-0.39, 0.29) is 5.91 Å². The molecule has 2 heterocycles. The molecule has 0 aliphatic rings. The quantitative estimate of drug-likeness (QED) is 0.745. The molecule has 0 aliphatic carbocycles. The fourth-order valence-electron chi connectivity index (χ4n) is 1.50. The topological polar surface area (TPSA) is 33.2 Å². The third kappa shape index (κ3) is 3.40. The number of hydrogen-bond donors (Lipinski definition) is 0. The number of carbonyl (C=O) groups excluding carboxylic acids is 1. The van der Waals surface area contributed by atoms with E-state index in [0.29, 0.717) is 12.1 Å². The predicted molar refractivity (Wildman–Crippen MR) is 79.8 cm³/mol. The van der Waals surface area contributed by atoms with Crippen molar-refractivity contribution in [3.05, 3.63) is 49.3 Å². The first-order valence-corrected chi connectivity index (χ1v) is 7.63. The normalized spacial score (nSPS) is 10.4. The van der Waals surface area contributed by atoms with Gasteiger partial charge in [0.25, 0.3) is 5.91 Å². The maximum absolute atomic E-state index is 12.1. The summed E-state index contributed by atoms with van der Waals surface area (Å²) in [6.45, 7) is 0.594. The van der Waals surface area contributed by atoms with Gasteiger partial charge in [0.1, 0.15) is 4.60 Å². The van der Waals surface area contributed by atoms with Crippen molar-refractivity contribution in [2.45, 2.75) is 6.54 Å². The Labute approximate surface area is 126 Å². The average Bonchev–Trinajstić information content (AvgIpc) is 2.75. The lowest BCUT2D eigenvalue weighted by atomic mass is 10.2. The number of aromatic nitrogens is 1. The Balaban J connectivity index is 2.07. The van der Waals surface area contributed by atoms with Gasteiger partial charge in [0, 0.05) is 19.8 Å². The second kappa shape index (κ2) is 5.95. The minimum Gasteiger partial charge on any atom is -0.337 e. The summed E-state index contributed by atoms with van der Waals surface area (Å²) in [7, 11) is 1.79. The van der Waals surface area contributed by atoms with E-state index in [9.17, 15) is 4.79 Å². The molecule has 1 amide bonds. The Kier molecular flexibility index (Phi) is 4.53. The van der Waals surface area contributed by atoms with E-state index in [1.54, 1.807) is 41.6 Å². The fraction of sp³-hybridized carbons (Fsp3) is 0.167. The van der Waals surface area contributed by atoms with E-state index in [1.165, 1.54) is 0 Å². The van der Waals surface area contributed by atoms with Crippen LogP contribution in [0.25, 0.3) is 0 Å².